The lowest BCUT2D eigenvalue weighted by atomic mass is 10.2. The molecule has 0 atom stereocenters. The van der Waals surface area contributed by atoms with Crippen molar-refractivity contribution in [3.8, 4) is 5.75 Å². The third-order valence-electron chi connectivity index (χ3n) is 2.99. The molecule has 0 saturated carbocycles. The molecule has 5 nitrogen and oxygen atoms in total. The van der Waals surface area contributed by atoms with E-state index in [1.165, 1.54) is 4.90 Å². The molecule has 118 valence electrons. The van der Waals surface area contributed by atoms with Gasteiger partial charge in [0.15, 0.2) is 0 Å². The third-order valence-corrected chi connectivity index (χ3v) is 3.89. The second-order valence-electron chi connectivity index (χ2n) is 5.40. The minimum atomic E-state index is -0.277. The van der Waals surface area contributed by atoms with E-state index in [-0.39, 0.29) is 24.2 Å². The molecule has 1 aliphatic heterocycles. The van der Waals surface area contributed by atoms with Crippen molar-refractivity contribution in [3.05, 3.63) is 34.7 Å². The fraction of sp³-hybridized carbons (Fsp3) is 0.375. The van der Waals surface area contributed by atoms with Crippen LogP contribution in [0.1, 0.15) is 19.4 Å². The van der Waals surface area contributed by atoms with Gasteiger partial charge in [0.2, 0.25) is 0 Å². The van der Waals surface area contributed by atoms with Crippen LogP contribution in [0.2, 0.25) is 0 Å². The molecule has 22 heavy (non-hydrogen) atoms. The molecule has 0 unspecified atom stereocenters. The Morgan fingerprint density at radius 3 is 2.55 bits per heavy atom. The second-order valence-corrected chi connectivity index (χ2v) is 6.39. The molecule has 2 N–H and O–H groups in total. The van der Waals surface area contributed by atoms with Gasteiger partial charge in [0.25, 0.3) is 11.1 Å². The van der Waals surface area contributed by atoms with E-state index in [9.17, 15) is 9.59 Å². The van der Waals surface area contributed by atoms with Gasteiger partial charge in [0.1, 0.15) is 5.75 Å². The number of hydrogen-bond donors (Lipinski definition) is 1. The van der Waals surface area contributed by atoms with Gasteiger partial charge in [-0.25, -0.2) is 0 Å². The lowest BCUT2D eigenvalue weighted by Gasteiger charge is -2.09. The highest BCUT2D eigenvalue weighted by Gasteiger charge is 2.34. The van der Waals surface area contributed by atoms with Gasteiger partial charge in [0, 0.05) is 13.1 Å². The number of imide groups is 1. The van der Waals surface area contributed by atoms with E-state index in [0.29, 0.717) is 17.4 Å². The Balaban J connectivity index is 2.06. The third kappa shape index (κ3) is 4.11. The quantitative estimate of drug-likeness (QED) is 0.816. The Hall–Kier alpha value is -1.79. The molecular formula is C16H20N2O3S. The van der Waals surface area contributed by atoms with Gasteiger partial charge in [-0.2, -0.15) is 0 Å². The second kappa shape index (κ2) is 7.47. The lowest BCUT2D eigenvalue weighted by Crippen LogP contribution is -2.33. The Morgan fingerprint density at radius 2 is 1.95 bits per heavy atom. The van der Waals surface area contributed by atoms with Gasteiger partial charge >= 0.3 is 0 Å². The van der Waals surface area contributed by atoms with E-state index in [0.717, 1.165) is 23.1 Å². The highest BCUT2D eigenvalue weighted by Crippen LogP contribution is 2.32. The first-order valence-electron chi connectivity index (χ1n) is 7.19. The number of thioether (sulfide) groups is 1. The zero-order valence-corrected chi connectivity index (χ0v) is 13.6. The number of hydrogen-bond acceptors (Lipinski definition) is 5. The zero-order valence-electron chi connectivity index (χ0n) is 12.7. The summed E-state index contributed by atoms with van der Waals surface area (Å²) in [7, 11) is 0. The number of carbonyl (C=O) groups is 2. The minimum absolute atomic E-state index is 0.254. The molecule has 0 radical (unpaired) electrons. The van der Waals surface area contributed by atoms with Crippen LogP contribution in [0, 0.1) is 5.92 Å². The largest absolute Gasteiger partial charge is 0.493 e. The van der Waals surface area contributed by atoms with E-state index >= 15 is 0 Å². The molecule has 1 aromatic rings. The fourth-order valence-corrected chi connectivity index (χ4v) is 2.76. The molecule has 2 rings (SSSR count). The summed E-state index contributed by atoms with van der Waals surface area (Å²) < 4.78 is 5.61. The van der Waals surface area contributed by atoms with E-state index < -0.39 is 0 Å². The molecule has 1 saturated heterocycles. The van der Waals surface area contributed by atoms with Crippen molar-refractivity contribution in [1.82, 2.24) is 4.90 Å². The molecule has 6 heteroatoms. The number of rotatable bonds is 6. The first-order chi connectivity index (χ1) is 10.5. The van der Waals surface area contributed by atoms with Crippen molar-refractivity contribution in [3.63, 3.8) is 0 Å². The van der Waals surface area contributed by atoms with Crippen molar-refractivity contribution >= 4 is 29.0 Å². The molecule has 1 aromatic carbocycles. The van der Waals surface area contributed by atoms with Crippen LogP contribution >= 0.6 is 11.8 Å². The standard InChI is InChI=1S/C16H20N2O3S/c1-11(2)10-21-13-5-3-12(4-6-13)9-14-15(19)18(8-7-17)16(20)22-14/h3-6,9,11H,7-8,10,17H2,1-2H3. The van der Waals surface area contributed by atoms with Crippen molar-refractivity contribution in [1.29, 1.82) is 0 Å². The molecule has 0 spiro atoms. The molecule has 0 aliphatic carbocycles. The van der Waals surface area contributed by atoms with Gasteiger partial charge in [0.05, 0.1) is 11.5 Å². The highest BCUT2D eigenvalue weighted by molar-refractivity contribution is 8.18. The topological polar surface area (TPSA) is 72.6 Å². The number of nitrogens with two attached hydrogens (primary N) is 1. The SMILES string of the molecule is CC(C)COc1ccc(C=C2SC(=O)N(CCN)C2=O)cc1. The number of amides is 2. The van der Waals surface area contributed by atoms with Crippen molar-refractivity contribution in [2.45, 2.75) is 13.8 Å². The predicted molar refractivity (Wildman–Crippen MR) is 88.5 cm³/mol. The highest BCUT2D eigenvalue weighted by atomic mass is 32.2. The van der Waals surface area contributed by atoms with Gasteiger partial charge in [-0.1, -0.05) is 26.0 Å². The average molecular weight is 320 g/mol. The van der Waals surface area contributed by atoms with Crippen LogP contribution in [-0.2, 0) is 4.79 Å². The molecule has 2 amide bonds. The van der Waals surface area contributed by atoms with Crippen LogP contribution in [0.4, 0.5) is 4.79 Å². The molecule has 1 heterocycles. The summed E-state index contributed by atoms with van der Waals surface area (Å²) in [5.41, 5.74) is 6.26. The van der Waals surface area contributed by atoms with E-state index in [1.54, 1.807) is 6.08 Å². The smallest absolute Gasteiger partial charge is 0.293 e. The van der Waals surface area contributed by atoms with Gasteiger partial charge in [-0.3, -0.25) is 14.5 Å². The summed E-state index contributed by atoms with van der Waals surface area (Å²) >= 11 is 0.947. The lowest BCUT2D eigenvalue weighted by molar-refractivity contribution is -0.122. The minimum Gasteiger partial charge on any atom is -0.493 e. The zero-order chi connectivity index (χ0) is 16.1. The van der Waals surface area contributed by atoms with Crippen LogP contribution in [0.3, 0.4) is 0 Å². The molecule has 1 fully saturated rings. The fourth-order valence-electron chi connectivity index (χ4n) is 1.90. The van der Waals surface area contributed by atoms with Gasteiger partial charge in [-0.15, -0.1) is 0 Å². The number of carbonyl (C=O) groups excluding carboxylic acids is 2. The number of ether oxygens (including phenoxy) is 1. The normalized spacial score (nSPS) is 16.9. The van der Waals surface area contributed by atoms with Crippen LogP contribution < -0.4 is 10.5 Å². The van der Waals surface area contributed by atoms with E-state index in [4.69, 9.17) is 10.5 Å². The van der Waals surface area contributed by atoms with Crippen molar-refractivity contribution in [2.75, 3.05) is 19.7 Å². The van der Waals surface area contributed by atoms with Crippen molar-refractivity contribution < 1.29 is 14.3 Å². The van der Waals surface area contributed by atoms with E-state index in [2.05, 4.69) is 13.8 Å². The first kappa shape index (κ1) is 16.6. The maximum absolute atomic E-state index is 12.1. The summed E-state index contributed by atoms with van der Waals surface area (Å²) in [6, 6.07) is 7.45. The van der Waals surface area contributed by atoms with E-state index in [1.807, 2.05) is 24.3 Å². The monoisotopic (exact) mass is 320 g/mol. The Bertz CT molecular complexity index is 582. The first-order valence-corrected chi connectivity index (χ1v) is 8.01. The predicted octanol–water partition coefficient (Wildman–Crippen LogP) is 2.72. The molecular weight excluding hydrogens is 300 g/mol. The Kier molecular flexibility index (Phi) is 5.63. The van der Waals surface area contributed by atoms with Crippen molar-refractivity contribution in [2.24, 2.45) is 11.7 Å². The maximum atomic E-state index is 12.1. The average Bonchev–Trinajstić information content (AvgIpc) is 2.74. The van der Waals surface area contributed by atoms with Crippen LogP contribution in [0.15, 0.2) is 29.2 Å². The van der Waals surface area contributed by atoms with Gasteiger partial charge < -0.3 is 10.5 Å². The molecule has 1 aliphatic rings. The van der Waals surface area contributed by atoms with Crippen LogP contribution in [0.5, 0.6) is 5.75 Å². The summed E-state index contributed by atoms with van der Waals surface area (Å²) in [4.78, 5) is 25.4. The Labute approximate surface area is 134 Å². The summed E-state index contributed by atoms with van der Waals surface area (Å²) in [5, 5.41) is -0.265. The molecule has 0 bridgehead atoms. The summed E-state index contributed by atoms with van der Waals surface area (Å²) in [6.07, 6.45) is 1.72. The number of benzene rings is 1. The maximum Gasteiger partial charge on any atom is 0.293 e. The van der Waals surface area contributed by atoms with Gasteiger partial charge in [-0.05, 0) is 41.5 Å². The molecule has 0 aromatic heterocycles. The summed E-state index contributed by atoms with van der Waals surface area (Å²) in [6.45, 7) is 5.37. The number of nitrogens with zero attached hydrogens (tertiary/aromatic N) is 1. The summed E-state index contributed by atoms with van der Waals surface area (Å²) in [5.74, 6) is 0.983. The van der Waals surface area contributed by atoms with Crippen LogP contribution in [-0.4, -0.2) is 35.7 Å². The van der Waals surface area contributed by atoms with Crippen LogP contribution in [0.25, 0.3) is 6.08 Å². The Morgan fingerprint density at radius 1 is 1.27 bits per heavy atom.